The van der Waals surface area contributed by atoms with Crippen LogP contribution in [0, 0.1) is 0 Å². The molecule has 5 nitrogen and oxygen atoms in total. The Hall–Kier alpha value is -2.83. The molecule has 2 aromatic heterocycles. The average Bonchev–Trinajstić information content (AvgIpc) is 3.23. The number of nitrogens with one attached hydrogen (secondary N) is 1. The highest BCUT2D eigenvalue weighted by Gasteiger charge is 2.19. The zero-order valence-electron chi connectivity index (χ0n) is 17.3. The van der Waals surface area contributed by atoms with Crippen LogP contribution >= 0.6 is 11.8 Å². The zero-order valence-corrected chi connectivity index (χ0v) is 18.1. The minimum absolute atomic E-state index is 0.0141. The fraction of sp³-hybridized carbons (Fsp3) is 0.280. The van der Waals surface area contributed by atoms with Gasteiger partial charge in [0, 0.05) is 28.9 Å². The molecule has 2 heterocycles. The first-order chi connectivity index (χ1) is 15.3. The zero-order chi connectivity index (χ0) is 21.0. The Bertz CT molecular complexity index is 1170. The van der Waals surface area contributed by atoms with E-state index in [-0.39, 0.29) is 12.7 Å². The summed E-state index contributed by atoms with van der Waals surface area (Å²) in [4.78, 5) is 14.6. The van der Waals surface area contributed by atoms with Gasteiger partial charge >= 0.3 is 0 Å². The summed E-state index contributed by atoms with van der Waals surface area (Å²) in [6, 6.07) is 16.0. The third-order valence-corrected chi connectivity index (χ3v) is 6.70. The van der Waals surface area contributed by atoms with Crippen LogP contribution in [-0.2, 0) is 6.61 Å². The van der Waals surface area contributed by atoms with Crippen molar-refractivity contribution in [2.45, 2.75) is 54.6 Å². The van der Waals surface area contributed by atoms with E-state index in [2.05, 4.69) is 22.1 Å². The highest BCUT2D eigenvalue weighted by atomic mass is 32.2. The number of H-pyrrole nitrogens is 1. The Morgan fingerprint density at radius 3 is 2.68 bits per heavy atom. The summed E-state index contributed by atoms with van der Waals surface area (Å²) in [7, 11) is 0. The van der Waals surface area contributed by atoms with Crippen LogP contribution in [0.1, 0.15) is 37.7 Å². The lowest BCUT2D eigenvalue weighted by Crippen LogP contribution is -2.19. The van der Waals surface area contributed by atoms with E-state index in [1.165, 1.54) is 19.3 Å². The molecule has 0 bridgehead atoms. The van der Waals surface area contributed by atoms with Gasteiger partial charge in [-0.15, -0.1) is 0 Å². The molecule has 5 rings (SSSR count). The van der Waals surface area contributed by atoms with Crippen LogP contribution < -0.4 is 4.74 Å². The molecule has 6 heteroatoms. The lowest BCUT2D eigenvalue weighted by molar-refractivity contribution is 0.151. The summed E-state index contributed by atoms with van der Waals surface area (Å²) in [6.45, 7) is 0.0141. The molecule has 4 aromatic rings. The van der Waals surface area contributed by atoms with Gasteiger partial charge in [-0.3, -0.25) is 4.98 Å². The predicted molar refractivity (Wildman–Crippen MR) is 123 cm³/mol. The van der Waals surface area contributed by atoms with E-state index < -0.39 is 0 Å². The van der Waals surface area contributed by atoms with E-state index in [9.17, 15) is 5.11 Å². The molecule has 2 N–H and O–H groups in total. The molecule has 1 fully saturated rings. The number of fused-ring (bicyclic) bond motifs is 1. The molecule has 0 atom stereocenters. The number of ether oxygens (including phenoxy) is 1. The number of pyridine rings is 1. The summed E-state index contributed by atoms with van der Waals surface area (Å²) >= 11 is 1.68. The Morgan fingerprint density at radius 2 is 1.87 bits per heavy atom. The van der Waals surface area contributed by atoms with Crippen molar-refractivity contribution in [1.82, 2.24) is 15.0 Å². The van der Waals surface area contributed by atoms with Gasteiger partial charge in [-0.05, 0) is 55.5 Å². The number of imidazole rings is 1. The highest BCUT2D eigenvalue weighted by molar-refractivity contribution is 7.99. The van der Waals surface area contributed by atoms with Gasteiger partial charge in [-0.25, -0.2) is 4.98 Å². The normalized spacial score (nSPS) is 14.7. The van der Waals surface area contributed by atoms with E-state index >= 15 is 0 Å². The molecule has 0 radical (unpaired) electrons. The molecule has 0 unspecified atom stereocenters. The van der Waals surface area contributed by atoms with Crippen molar-refractivity contribution in [1.29, 1.82) is 0 Å². The molecule has 0 saturated heterocycles. The Kier molecular flexibility index (Phi) is 5.91. The van der Waals surface area contributed by atoms with E-state index in [0.717, 1.165) is 56.4 Å². The van der Waals surface area contributed by atoms with Gasteiger partial charge in [-0.2, -0.15) is 0 Å². The molecule has 0 spiro atoms. The molecule has 0 amide bonds. The second-order valence-electron chi connectivity index (χ2n) is 7.92. The molecule has 1 saturated carbocycles. The SMILES string of the molecule is OCc1cccc(-c2nc3cc(Sc4ccncc4)c(OC4CCCCC4)cc3[nH]2)c1. The molecule has 1 aliphatic carbocycles. The second-order valence-corrected chi connectivity index (χ2v) is 9.04. The van der Waals surface area contributed by atoms with E-state index in [0.29, 0.717) is 0 Å². The quantitative estimate of drug-likeness (QED) is 0.393. The molecule has 1 aliphatic rings. The van der Waals surface area contributed by atoms with Crippen molar-refractivity contribution in [2.24, 2.45) is 0 Å². The topological polar surface area (TPSA) is 71.0 Å². The van der Waals surface area contributed by atoms with Crippen molar-refractivity contribution in [2.75, 3.05) is 0 Å². The number of hydrogen-bond donors (Lipinski definition) is 2. The maximum Gasteiger partial charge on any atom is 0.138 e. The van der Waals surface area contributed by atoms with E-state index in [4.69, 9.17) is 9.72 Å². The largest absolute Gasteiger partial charge is 0.489 e. The van der Waals surface area contributed by atoms with Crippen LogP contribution in [-0.4, -0.2) is 26.2 Å². The minimum Gasteiger partial charge on any atom is -0.489 e. The Labute approximate surface area is 185 Å². The first-order valence-corrected chi connectivity index (χ1v) is 11.6. The summed E-state index contributed by atoms with van der Waals surface area (Å²) < 4.78 is 6.50. The van der Waals surface area contributed by atoms with Gasteiger partial charge in [0.25, 0.3) is 0 Å². The first-order valence-electron chi connectivity index (χ1n) is 10.8. The van der Waals surface area contributed by atoms with Gasteiger partial charge in [0.15, 0.2) is 0 Å². The third-order valence-electron chi connectivity index (χ3n) is 5.65. The molecular formula is C25H25N3O2S. The average molecular weight is 432 g/mol. The van der Waals surface area contributed by atoms with Crippen molar-refractivity contribution < 1.29 is 9.84 Å². The molecule has 0 aliphatic heterocycles. The minimum atomic E-state index is 0.0141. The second kappa shape index (κ2) is 9.12. The highest BCUT2D eigenvalue weighted by Crippen LogP contribution is 2.39. The van der Waals surface area contributed by atoms with Crippen LogP contribution in [0.25, 0.3) is 22.4 Å². The van der Waals surface area contributed by atoms with Gasteiger partial charge in [0.1, 0.15) is 11.6 Å². The van der Waals surface area contributed by atoms with Crippen molar-refractivity contribution in [3.8, 4) is 17.1 Å². The van der Waals surface area contributed by atoms with Crippen molar-refractivity contribution in [3.05, 3.63) is 66.5 Å². The third kappa shape index (κ3) is 4.60. The van der Waals surface area contributed by atoms with E-state index in [1.807, 2.05) is 48.8 Å². The fourth-order valence-corrected chi connectivity index (χ4v) is 4.93. The van der Waals surface area contributed by atoms with Crippen LogP contribution in [0.3, 0.4) is 0 Å². The first kappa shape index (κ1) is 20.1. The number of nitrogens with zero attached hydrogens (tertiary/aromatic N) is 2. The fourth-order valence-electron chi connectivity index (χ4n) is 4.04. The van der Waals surface area contributed by atoms with Gasteiger partial charge < -0.3 is 14.8 Å². The lowest BCUT2D eigenvalue weighted by atomic mass is 9.98. The van der Waals surface area contributed by atoms with Gasteiger partial charge in [0.05, 0.1) is 28.6 Å². The van der Waals surface area contributed by atoms with Crippen LogP contribution in [0.15, 0.2) is 70.7 Å². The number of aromatic nitrogens is 3. The van der Waals surface area contributed by atoms with Crippen LogP contribution in [0.2, 0.25) is 0 Å². The van der Waals surface area contributed by atoms with Crippen molar-refractivity contribution in [3.63, 3.8) is 0 Å². The monoisotopic (exact) mass is 431 g/mol. The summed E-state index contributed by atoms with van der Waals surface area (Å²) in [6.07, 6.45) is 9.87. The smallest absolute Gasteiger partial charge is 0.138 e. The standard InChI is InChI=1S/C25H25N3O2S/c29-16-17-5-4-6-18(13-17)25-27-21-14-23(30-19-7-2-1-3-8-19)24(15-22(21)28-25)31-20-9-11-26-12-10-20/h4-6,9-15,19,29H,1-3,7-8,16H2,(H,27,28). The molecule has 31 heavy (non-hydrogen) atoms. The Balaban J connectivity index is 1.53. The number of rotatable bonds is 6. The molecule has 2 aromatic carbocycles. The number of aliphatic hydroxyl groups is 1. The Morgan fingerprint density at radius 1 is 1.03 bits per heavy atom. The summed E-state index contributed by atoms with van der Waals surface area (Å²) in [5.41, 5.74) is 3.68. The van der Waals surface area contributed by atoms with Gasteiger partial charge in [0.2, 0.25) is 0 Å². The summed E-state index contributed by atoms with van der Waals surface area (Å²) in [5, 5.41) is 9.46. The van der Waals surface area contributed by atoms with Crippen molar-refractivity contribution >= 4 is 22.8 Å². The van der Waals surface area contributed by atoms with Crippen LogP contribution in [0.4, 0.5) is 0 Å². The predicted octanol–water partition coefficient (Wildman–Crippen LogP) is 5.98. The number of benzene rings is 2. The van der Waals surface area contributed by atoms with Gasteiger partial charge in [-0.1, -0.05) is 36.4 Å². The maximum atomic E-state index is 9.46. The number of hydrogen-bond acceptors (Lipinski definition) is 5. The van der Waals surface area contributed by atoms with E-state index in [1.54, 1.807) is 11.8 Å². The molecular weight excluding hydrogens is 406 g/mol. The lowest BCUT2D eigenvalue weighted by Gasteiger charge is -2.24. The van der Waals surface area contributed by atoms with Crippen LogP contribution in [0.5, 0.6) is 5.75 Å². The molecule has 158 valence electrons. The maximum absolute atomic E-state index is 9.46. The summed E-state index contributed by atoms with van der Waals surface area (Å²) in [5.74, 6) is 1.69. The number of aliphatic hydroxyl groups excluding tert-OH is 1. The number of aromatic amines is 1.